The molecule has 0 amide bonds. The number of rotatable bonds is 5. The lowest BCUT2D eigenvalue weighted by Gasteiger charge is -2.41. The summed E-state index contributed by atoms with van der Waals surface area (Å²) in [7, 11) is 1.89. The molecule has 4 aromatic heterocycles. The van der Waals surface area contributed by atoms with Crippen LogP contribution in [0, 0.1) is 0 Å². The molecule has 0 unspecified atom stereocenters. The summed E-state index contributed by atoms with van der Waals surface area (Å²) in [6.07, 6.45) is 15.4. The average Bonchev–Trinajstić information content (AvgIpc) is 3.37. The number of aliphatic hydroxyl groups excluding tert-OH is 1. The minimum Gasteiger partial charge on any atom is -0.396 e. The molecule has 1 fully saturated rings. The summed E-state index contributed by atoms with van der Waals surface area (Å²) >= 11 is 0. The van der Waals surface area contributed by atoms with Crippen LogP contribution in [0.4, 0.5) is 0 Å². The molecular formula is C19H21N7O. The number of aromatic nitrogens is 7. The van der Waals surface area contributed by atoms with Gasteiger partial charge in [0.25, 0.3) is 0 Å². The molecule has 0 bridgehead atoms. The molecule has 27 heavy (non-hydrogen) atoms. The summed E-state index contributed by atoms with van der Waals surface area (Å²) < 4.78 is 5.75. The van der Waals surface area contributed by atoms with E-state index in [2.05, 4.69) is 15.2 Å². The Kier molecular flexibility index (Phi) is 3.61. The van der Waals surface area contributed by atoms with Crippen molar-refractivity contribution in [2.45, 2.75) is 31.2 Å². The van der Waals surface area contributed by atoms with Gasteiger partial charge in [0.2, 0.25) is 0 Å². The lowest BCUT2D eigenvalue weighted by molar-refractivity contribution is 0.0834. The fourth-order valence-corrected chi connectivity index (χ4v) is 3.91. The van der Waals surface area contributed by atoms with Crippen LogP contribution in [0.25, 0.3) is 28.3 Å². The third-order valence-corrected chi connectivity index (χ3v) is 5.58. The van der Waals surface area contributed by atoms with Crippen molar-refractivity contribution in [3.05, 3.63) is 43.2 Å². The molecule has 1 aliphatic rings. The molecule has 8 heteroatoms. The highest BCUT2D eigenvalue weighted by Crippen LogP contribution is 2.42. The van der Waals surface area contributed by atoms with Gasteiger partial charge in [-0.15, -0.1) is 0 Å². The van der Waals surface area contributed by atoms with Crippen LogP contribution >= 0.6 is 0 Å². The Balaban J connectivity index is 1.62. The largest absolute Gasteiger partial charge is 0.396 e. The lowest BCUT2D eigenvalue weighted by atomic mass is 9.74. The van der Waals surface area contributed by atoms with E-state index in [1.165, 1.54) is 6.42 Å². The molecule has 0 saturated heterocycles. The van der Waals surface area contributed by atoms with Crippen LogP contribution in [0.5, 0.6) is 0 Å². The van der Waals surface area contributed by atoms with Crippen LogP contribution in [0.3, 0.4) is 0 Å². The fraction of sp³-hybridized carbons (Fsp3) is 0.368. The van der Waals surface area contributed by atoms with Crippen molar-refractivity contribution in [2.75, 3.05) is 6.61 Å². The second-order valence-electron chi connectivity index (χ2n) is 7.25. The molecule has 1 aliphatic carbocycles. The van der Waals surface area contributed by atoms with Gasteiger partial charge in [0.05, 0.1) is 29.2 Å². The molecule has 1 N–H and O–H groups in total. The molecule has 0 aromatic carbocycles. The van der Waals surface area contributed by atoms with Gasteiger partial charge in [0.1, 0.15) is 11.5 Å². The standard InChI is InChI=1S/C19H21N7O/c1-24-12-14(10-21-24)16-9-17-20-6-7-25(17)18(23-16)15-11-22-26(13-15)19(5-8-27)3-2-4-19/h6-7,9-13,27H,2-5,8H2,1H3. The van der Waals surface area contributed by atoms with E-state index in [0.29, 0.717) is 0 Å². The molecule has 5 rings (SSSR count). The zero-order chi connectivity index (χ0) is 18.4. The van der Waals surface area contributed by atoms with Gasteiger partial charge >= 0.3 is 0 Å². The third kappa shape index (κ3) is 2.56. The zero-order valence-corrected chi connectivity index (χ0v) is 15.2. The summed E-state index contributed by atoms with van der Waals surface area (Å²) in [4.78, 5) is 9.32. The summed E-state index contributed by atoms with van der Waals surface area (Å²) in [5.74, 6) is 0.800. The first-order chi connectivity index (χ1) is 13.2. The molecule has 8 nitrogen and oxygen atoms in total. The normalized spacial score (nSPS) is 15.9. The molecule has 1 saturated carbocycles. The van der Waals surface area contributed by atoms with Crippen molar-refractivity contribution in [3.63, 3.8) is 0 Å². The maximum atomic E-state index is 9.46. The second kappa shape index (κ2) is 6.02. The summed E-state index contributed by atoms with van der Waals surface area (Å²) in [5, 5.41) is 18.3. The Morgan fingerprint density at radius 2 is 2.00 bits per heavy atom. The summed E-state index contributed by atoms with van der Waals surface area (Å²) in [6, 6.07) is 1.96. The minimum absolute atomic E-state index is 0.0536. The van der Waals surface area contributed by atoms with Gasteiger partial charge in [-0.2, -0.15) is 10.2 Å². The number of fused-ring (bicyclic) bond motifs is 1. The molecular weight excluding hydrogens is 342 g/mol. The number of nitrogens with zero attached hydrogens (tertiary/aromatic N) is 7. The van der Waals surface area contributed by atoms with Crippen LogP contribution in [0.15, 0.2) is 43.2 Å². The first kappa shape index (κ1) is 16.2. The van der Waals surface area contributed by atoms with E-state index >= 15 is 0 Å². The van der Waals surface area contributed by atoms with Crippen LogP contribution in [0.2, 0.25) is 0 Å². The van der Waals surface area contributed by atoms with Crippen molar-refractivity contribution in [2.24, 2.45) is 7.05 Å². The van der Waals surface area contributed by atoms with E-state index in [-0.39, 0.29) is 12.1 Å². The van der Waals surface area contributed by atoms with E-state index in [9.17, 15) is 5.11 Å². The Labute approximate surface area is 156 Å². The van der Waals surface area contributed by atoms with Crippen molar-refractivity contribution in [1.82, 2.24) is 33.9 Å². The highest BCUT2D eigenvalue weighted by Gasteiger charge is 2.39. The molecule has 0 spiro atoms. The zero-order valence-electron chi connectivity index (χ0n) is 15.2. The van der Waals surface area contributed by atoms with Gasteiger partial charge in [-0.3, -0.25) is 13.8 Å². The number of hydrogen-bond donors (Lipinski definition) is 1. The molecule has 138 valence electrons. The Morgan fingerprint density at radius 3 is 2.70 bits per heavy atom. The average molecular weight is 363 g/mol. The van der Waals surface area contributed by atoms with Gasteiger partial charge < -0.3 is 5.11 Å². The van der Waals surface area contributed by atoms with Gasteiger partial charge in [-0.1, -0.05) is 0 Å². The Hall–Kier alpha value is -3.00. The van der Waals surface area contributed by atoms with E-state index in [4.69, 9.17) is 4.98 Å². The van der Waals surface area contributed by atoms with E-state index in [0.717, 1.165) is 47.6 Å². The summed E-state index contributed by atoms with van der Waals surface area (Å²) in [6.45, 7) is 0.176. The van der Waals surface area contributed by atoms with Gasteiger partial charge in [-0.25, -0.2) is 9.97 Å². The molecule has 0 atom stereocenters. The van der Waals surface area contributed by atoms with E-state index in [1.807, 2.05) is 47.0 Å². The lowest BCUT2D eigenvalue weighted by Crippen LogP contribution is -2.41. The van der Waals surface area contributed by atoms with Crippen molar-refractivity contribution in [3.8, 4) is 22.6 Å². The monoisotopic (exact) mass is 363 g/mol. The smallest absolute Gasteiger partial charge is 0.149 e. The van der Waals surface area contributed by atoms with Crippen LogP contribution < -0.4 is 0 Å². The first-order valence-corrected chi connectivity index (χ1v) is 9.18. The summed E-state index contributed by atoms with van der Waals surface area (Å²) in [5.41, 5.74) is 3.50. The number of imidazole rings is 1. The first-order valence-electron chi connectivity index (χ1n) is 9.18. The molecule has 0 aliphatic heterocycles. The maximum absolute atomic E-state index is 9.46. The quantitative estimate of drug-likeness (QED) is 0.588. The Bertz CT molecular complexity index is 1100. The number of hydrogen-bond acceptors (Lipinski definition) is 5. The van der Waals surface area contributed by atoms with E-state index < -0.39 is 0 Å². The topological polar surface area (TPSA) is 86.1 Å². The second-order valence-corrected chi connectivity index (χ2v) is 7.25. The van der Waals surface area contributed by atoms with Crippen LogP contribution in [-0.2, 0) is 12.6 Å². The van der Waals surface area contributed by atoms with Gasteiger partial charge in [0, 0.05) is 50.1 Å². The van der Waals surface area contributed by atoms with Crippen molar-refractivity contribution >= 4 is 5.65 Å². The third-order valence-electron chi connectivity index (χ3n) is 5.58. The molecule has 4 aromatic rings. The highest BCUT2D eigenvalue weighted by atomic mass is 16.3. The van der Waals surface area contributed by atoms with Gasteiger partial charge in [-0.05, 0) is 25.7 Å². The molecule has 4 heterocycles. The SMILES string of the molecule is Cn1cc(-c2cc3nccn3c(-c3cnn(C4(CCO)CCC4)c3)n2)cn1. The van der Waals surface area contributed by atoms with Crippen LogP contribution in [-0.4, -0.2) is 45.6 Å². The number of aryl methyl sites for hydroxylation is 1. The van der Waals surface area contributed by atoms with E-state index in [1.54, 1.807) is 17.1 Å². The highest BCUT2D eigenvalue weighted by molar-refractivity contribution is 5.68. The minimum atomic E-state index is -0.0536. The maximum Gasteiger partial charge on any atom is 0.149 e. The van der Waals surface area contributed by atoms with Crippen LogP contribution in [0.1, 0.15) is 25.7 Å². The Morgan fingerprint density at radius 1 is 1.15 bits per heavy atom. The van der Waals surface area contributed by atoms with Gasteiger partial charge in [0.15, 0.2) is 0 Å². The predicted molar refractivity (Wildman–Crippen MR) is 99.9 cm³/mol. The van der Waals surface area contributed by atoms with Crippen molar-refractivity contribution < 1.29 is 5.11 Å². The fourth-order valence-electron chi connectivity index (χ4n) is 3.91. The van der Waals surface area contributed by atoms with Crippen molar-refractivity contribution in [1.29, 1.82) is 0 Å². The predicted octanol–water partition coefficient (Wildman–Crippen LogP) is 2.25. The molecule has 0 radical (unpaired) electrons. The number of aliphatic hydroxyl groups is 1.